The third-order valence-electron chi connectivity index (χ3n) is 14.2. The minimum absolute atomic E-state index is 0.0473. The molecule has 4 aromatic carbocycles. The van der Waals surface area contributed by atoms with Crippen LogP contribution in [0.4, 0.5) is 48.7 Å². The molecule has 20 heteroatoms. The van der Waals surface area contributed by atoms with Gasteiger partial charge in [0.05, 0.1) is 33.8 Å². The van der Waals surface area contributed by atoms with Crippen LogP contribution in [0.25, 0.3) is 11.1 Å². The minimum atomic E-state index is -4.51. The van der Waals surface area contributed by atoms with Crippen LogP contribution >= 0.6 is 39.1 Å². The number of nitrogens with zero attached hydrogens (tertiary/aromatic N) is 4. The van der Waals surface area contributed by atoms with Crippen LogP contribution in [0, 0.1) is 0 Å². The summed E-state index contributed by atoms with van der Waals surface area (Å²) in [6, 6.07) is 23.7. The number of fused-ring (bicyclic) bond motifs is 2. The van der Waals surface area contributed by atoms with E-state index in [1.54, 1.807) is 45.3 Å². The number of aromatic nitrogens is 4. The molecular weight excluding hydrogens is 1130 g/mol. The summed E-state index contributed by atoms with van der Waals surface area (Å²) < 4.78 is 90.4. The second kappa shape index (κ2) is 24.8. The van der Waals surface area contributed by atoms with Gasteiger partial charge in [-0.2, -0.15) is 26.3 Å². The van der Waals surface area contributed by atoms with Crippen molar-refractivity contribution >= 4 is 74.0 Å². The molecule has 2 saturated carbocycles. The first-order valence-corrected chi connectivity index (χ1v) is 27.8. The molecule has 10 rings (SSSR count). The topological polar surface area (TPSA) is 138 Å². The maximum atomic E-state index is 14.2. The van der Waals surface area contributed by atoms with Gasteiger partial charge in [0.15, 0.2) is 0 Å². The molecule has 0 aliphatic heterocycles. The quantitative estimate of drug-likeness (QED) is 0.0711. The Balaban J connectivity index is 0.000000195. The molecule has 416 valence electrons. The van der Waals surface area contributed by atoms with Gasteiger partial charge in [-0.1, -0.05) is 124 Å². The van der Waals surface area contributed by atoms with E-state index in [-0.39, 0.29) is 35.3 Å². The SMILES string of the molecule is CC(C)(C)OC(=O)Nc1ccc([C@@H](N[C@H]2CCC[C@@H](Nc3ncc(Cl)c(C4=CCc5ccccc54)n3)C2)C(F)(F)F)cc1.FC(F)(F)[C@H](N[C@H]1CCC[C@@H](Nc2ncc(Cl)c(C3=CCc4ccccc43)n2)C1)c1ccc(Br)cc1. The number of carbonyl (C=O) groups excluding carboxylic acids is 1. The molecule has 0 saturated heterocycles. The minimum Gasteiger partial charge on any atom is -0.444 e. The van der Waals surface area contributed by atoms with Crippen LogP contribution in [0.3, 0.4) is 0 Å². The molecular formula is C59H60BrCl2F6N9O2. The van der Waals surface area contributed by atoms with Gasteiger partial charge in [-0.15, -0.1) is 0 Å². The Kier molecular flexibility index (Phi) is 18.1. The number of hydrogen-bond acceptors (Lipinski definition) is 10. The molecule has 0 spiro atoms. The number of carbonyl (C=O) groups is 1. The molecule has 2 heterocycles. The summed E-state index contributed by atoms with van der Waals surface area (Å²) in [7, 11) is 0. The molecule has 6 atom stereocenters. The number of nitrogens with one attached hydrogen (secondary N) is 5. The Bertz CT molecular complexity index is 3170. The lowest BCUT2D eigenvalue weighted by Gasteiger charge is -2.34. The van der Waals surface area contributed by atoms with E-state index in [4.69, 9.17) is 37.9 Å². The zero-order valence-electron chi connectivity index (χ0n) is 43.6. The summed E-state index contributed by atoms with van der Waals surface area (Å²) in [4.78, 5) is 30.2. The number of amides is 1. The lowest BCUT2D eigenvalue weighted by molar-refractivity contribution is -0.161. The van der Waals surface area contributed by atoms with Crippen molar-refractivity contribution in [1.82, 2.24) is 30.6 Å². The Hall–Kier alpha value is -6.05. The average Bonchev–Trinajstić information content (AvgIpc) is 4.26. The molecule has 6 aromatic rings. The fourth-order valence-electron chi connectivity index (χ4n) is 10.6. The van der Waals surface area contributed by atoms with Crippen LogP contribution in [-0.4, -0.2) is 68.2 Å². The highest BCUT2D eigenvalue weighted by Crippen LogP contribution is 2.40. The third kappa shape index (κ3) is 15.0. The highest BCUT2D eigenvalue weighted by atomic mass is 79.9. The van der Waals surface area contributed by atoms with Gasteiger partial charge in [-0.3, -0.25) is 16.0 Å². The van der Waals surface area contributed by atoms with E-state index in [1.165, 1.54) is 47.5 Å². The van der Waals surface area contributed by atoms with Crippen molar-refractivity contribution in [3.63, 3.8) is 0 Å². The zero-order chi connectivity index (χ0) is 56.1. The highest BCUT2D eigenvalue weighted by molar-refractivity contribution is 9.10. The zero-order valence-corrected chi connectivity index (χ0v) is 46.7. The smallest absolute Gasteiger partial charge is 0.412 e. The Morgan fingerprint density at radius 2 is 1.03 bits per heavy atom. The van der Waals surface area contributed by atoms with Gasteiger partial charge in [-0.05, 0) is 143 Å². The number of anilines is 3. The average molecular weight is 1190 g/mol. The van der Waals surface area contributed by atoms with Crippen molar-refractivity contribution in [1.29, 1.82) is 0 Å². The van der Waals surface area contributed by atoms with Crippen LogP contribution < -0.4 is 26.6 Å². The standard InChI is InChI=1S/C32H35ClF3N5O2.C27H25BrClF3N4/c1-31(2,3)43-30(42)40-21-14-11-20(12-15-21)28(32(34,35)36)38-22-8-6-9-23(17-22)39-29-37-18-26(33)27(41-29)25-16-13-19-7-4-5-10-24(19)25;28-18-11-8-17(9-12-18)25(27(30,31)32)34-19-5-3-6-20(14-19)35-26-33-15-23(29)24(36-26)22-13-10-16-4-1-2-7-21(16)22/h4-5,7,10-12,14-16,18,22-23,28,38H,6,8-9,13,17H2,1-3H3,(H,40,42)(H,37,39,41);1-2,4,7-9,11-13,15,19-20,25,34H,3,5-6,10,14H2,(H,33,35,36)/t22-,23+,28+;19-,20+,25+/m00/s1. The van der Waals surface area contributed by atoms with E-state index in [1.807, 2.05) is 30.3 Å². The van der Waals surface area contributed by atoms with Gasteiger partial charge < -0.3 is 15.4 Å². The predicted molar refractivity (Wildman–Crippen MR) is 302 cm³/mol. The van der Waals surface area contributed by atoms with Crippen LogP contribution in [-0.2, 0) is 17.6 Å². The monoisotopic (exact) mass is 1190 g/mol. The molecule has 4 aliphatic carbocycles. The van der Waals surface area contributed by atoms with Gasteiger partial charge in [-0.25, -0.2) is 24.7 Å². The first-order chi connectivity index (χ1) is 37.6. The van der Waals surface area contributed by atoms with Crippen molar-refractivity contribution < 1.29 is 35.9 Å². The van der Waals surface area contributed by atoms with E-state index in [0.717, 1.165) is 65.3 Å². The van der Waals surface area contributed by atoms with Crippen LogP contribution in [0.2, 0.25) is 10.0 Å². The third-order valence-corrected chi connectivity index (χ3v) is 15.3. The second-order valence-corrected chi connectivity index (χ2v) is 23.0. The maximum absolute atomic E-state index is 14.2. The van der Waals surface area contributed by atoms with Crippen molar-refractivity contribution in [2.24, 2.45) is 0 Å². The Labute approximate surface area is 474 Å². The van der Waals surface area contributed by atoms with Crippen LogP contribution in [0.15, 0.2) is 126 Å². The molecule has 0 bridgehead atoms. The van der Waals surface area contributed by atoms with Gasteiger partial charge >= 0.3 is 18.4 Å². The second-order valence-electron chi connectivity index (χ2n) is 21.2. The first kappa shape index (κ1) is 57.6. The number of hydrogen-bond donors (Lipinski definition) is 5. The number of rotatable bonds is 13. The van der Waals surface area contributed by atoms with Crippen LogP contribution in [0.5, 0.6) is 0 Å². The van der Waals surface area contributed by atoms with Gasteiger partial charge in [0.25, 0.3) is 0 Å². The first-order valence-electron chi connectivity index (χ1n) is 26.3. The van der Waals surface area contributed by atoms with Crippen molar-refractivity contribution in [2.45, 2.75) is 139 Å². The number of halogens is 9. The van der Waals surface area contributed by atoms with E-state index in [9.17, 15) is 31.1 Å². The normalized spacial score (nSPS) is 19.8. The van der Waals surface area contributed by atoms with Crippen LogP contribution in [0.1, 0.15) is 129 Å². The number of benzene rings is 4. The molecule has 5 N–H and O–H groups in total. The molecule has 4 aliphatic rings. The molecule has 0 radical (unpaired) electrons. The van der Waals surface area contributed by atoms with Crippen molar-refractivity contribution in [2.75, 3.05) is 16.0 Å². The Morgan fingerprint density at radius 3 is 1.46 bits per heavy atom. The Morgan fingerprint density at radius 1 is 0.608 bits per heavy atom. The van der Waals surface area contributed by atoms with Crippen molar-refractivity contribution in [3.05, 3.63) is 181 Å². The molecule has 79 heavy (non-hydrogen) atoms. The van der Waals surface area contributed by atoms with Crippen molar-refractivity contribution in [3.8, 4) is 0 Å². The predicted octanol–water partition coefficient (Wildman–Crippen LogP) is 15.6. The number of alkyl halides is 6. The van der Waals surface area contributed by atoms with Gasteiger partial charge in [0, 0.05) is 45.5 Å². The fourth-order valence-corrected chi connectivity index (χ4v) is 11.3. The molecule has 0 unspecified atom stereocenters. The molecule has 2 aromatic heterocycles. The van der Waals surface area contributed by atoms with Gasteiger partial charge in [0.1, 0.15) is 17.7 Å². The lowest BCUT2D eigenvalue weighted by Crippen LogP contribution is -2.45. The van der Waals surface area contributed by atoms with Gasteiger partial charge in [0.2, 0.25) is 11.9 Å². The summed E-state index contributed by atoms with van der Waals surface area (Å²) in [6.07, 6.45) is 4.86. The largest absolute Gasteiger partial charge is 0.444 e. The number of ether oxygens (including phenoxy) is 1. The fraction of sp³-hybridized carbons (Fsp3) is 0.373. The van der Waals surface area contributed by atoms with E-state index in [0.29, 0.717) is 64.7 Å². The van der Waals surface area contributed by atoms with E-state index >= 15 is 0 Å². The molecule has 2 fully saturated rings. The number of allylic oxidation sites excluding steroid dienone is 2. The van der Waals surface area contributed by atoms with E-state index in [2.05, 4.69) is 82.8 Å². The summed E-state index contributed by atoms with van der Waals surface area (Å²) in [5, 5.41) is 15.9. The highest BCUT2D eigenvalue weighted by Gasteiger charge is 2.44. The molecule has 11 nitrogen and oxygen atoms in total. The summed E-state index contributed by atoms with van der Waals surface area (Å²) >= 11 is 16.2. The lowest BCUT2D eigenvalue weighted by atomic mass is 9.90. The molecule has 1 amide bonds. The summed E-state index contributed by atoms with van der Waals surface area (Å²) in [6.45, 7) is 5.19. The maximum Gasteiger partial charge on any atom is 0.412 e. The summed E-state index contributed by atoms with van der Waals surface area (Å²) in [5.74, 6) is 0.835. The summed E-state index contributed by atoms with van der Waals surface area (Å²) in [5.41, 5.74) is 7.78. The van der Waals surface area contributed by atoms with E-state index < -0.39 is 36.1 Å².